The average Bonchev–Trinajstić information content (AvgIpc) is 3.09. The molecule has 1 fully saturated rings. The van der Waals surface area contributed by atoms with E-state index in [0.717, 1.165) is 17.0 Å². The number of benzene rings is 1. The predicted molar refractivity (Wildman–Crippen MR) is 100 cm³/mol. The highest BCUT2D eigenvalue weighted by atomic mass is 32.1. The van der Waals surface area contributed by atoms with Crippen LogP contribution in [0.3, 0.4) is 0 Å². The van der Waals surface area contributed by atoms with Gasteiger partial charge >= 0.3 is 0 Å². The normalized spacial score (nSPS) is 18.5. The van der Waals surface area contributed by atoms with Crippen molar-refractivity contribution in [2.24, 2.45) is 0 Å². The summed E-state index contributed by atoms with van der Waals surface area (Å²) in [4.78, 5) is 15.6. The first-order valence-electron chi connectivity index (χ1n) is 8.81. The Labute approximate surface area is 148 Å². The highest BCUT2D eigenvalue weighted by Crippen LogP contribution is 2.19. The van der Waals surface area contributed by atoms with Gasteiger partial charge in [0.2, 0.25) is 5.91 Å². The summed E-state index contributed by atoms with van der Waals surface area (Å²) < 4.78 is 0. The quantitative estimate of drug-likeness (QED) is 0.861. The van der Waals surface area contributed by atoms with E-state index in [1.54, 1.807) is 11.3 Å². The van der Waals surface area contributed by atoms with Gasteiger partial charge in [0, 0.05) is 24.0 Å². The average molecular weight is 343 g/mol. The number of thiophene rings is 1. The van der Waals surface area contributed by atoms with Gasteiger partial charge in [0.25, 0.3) is 0 Å². The minimum atomic E-state index is 0.0867. The van der Waals surface area contributed by atoms with Crippen LogP contribution in [0.25, 0.3) is 0 Å². The SMILES string of the molecule is CC1CCCCN1Cc1ccc(CNC(=O)Cc2cccs2)cc1. The molecule has 128 valence electrons. The van der Waals surface area contributed by atoms with Crippen LogP contribution in [0.5, 0.6) is 0 Å². The Kier molecular flexibility index (Phi) is 6.05. The molecule has 1 N–H and O–H groups in total. The maximum Gasteiger partial charge on any atom is 0.225 e. The first kappa shape index (κ1) is 17.2. The number of piperidine rings is 1. The van der Waals surface area contributed by atoms with Crippen LogP contribution < -0.4 is 5.32 Å². The molecule has 0 aliphatic carbocycles. The Morgan fingerprint density at radius 2 is 2.00 bits per heavy atom. The van der Waals surface area contributed by atoms with Crippen LogP contribution in [-0.4, -0.2) is 23.4 Å². The van der Waals surface area contributed by atoms with Gasteiger partial charge in [-0.05, 0) is 48.9 Å². The summed E-state index contributed by atoms with van der Waals surface area (Å²) in [5, 5.41) is 5.01. The molecule has 1 saturated heterocycles. The molecule has 0 bridgehead atoms. The van der Waals surface area contributed by atoms with Crippen LogP contribution in [0.2, 0.25) is 0 Å². The fraction of sp³-hybridized carbons (Fsp3) is 0.450. The number of rotatable bonds is 6. The molecule has 2 aromatic rings. The molecular formula is C20H26N2OS. The van der Waals surface area contributed by atoms with Gasteiger partial charge in [0.05, 0.1) is 6.42 Å². The van der Waals surface area contributed by atoms with Crippen molar-refractivity contribution in [3.8, 4) is 0 Å². The maximum absolute atomic E-state index is 11.9. The van der Waals surface area contributed by atoms with Crippen LogP contribution in [0.1, 0.15) is 42.2 Å². The molecule has 4 heteroatoms. The van der Waals surface area contributed by atoms with E-state index < -0.39 is 0 Å². The number of hydrogen-bond acceptors (Lipinski definition) is 3. The largest absolute Gasteiger partial charge is 0.352 e. The van der Waals surface area contributed by atoms with Crippen molar-refractivity contribution in [1.29, 1.82) is 0 Å². The van der Waals surface area contributed by atoms with E-state index in [9.17, 15) is 4.79 Å². The van der Waals surface area contributed by atoms with E-state index in [1.165, 1.54) is 31.4 Å². The lowest BCUT2D eigenvalue weighted by Gasteiger charge is -2.33. The van der Waals surface area contributed by atoms with Crippen LogP contribution >= 0.6 is 11.3 Å². The van der Waals surface area contributed by atoms with Gasteiger partial charge < -0.3 is 5.32 Å². The lowest BCUT2D eigenvalue weighted by Crippen LogP contribution is -2.36. The van der Waals surface area contributed by atoms with Crippen molar-refractivity contribution in [2.45, 2.75) is 51.7 Å². The molecule has 1 aliphatic rings. The van der Waals surface area contributed by atoms with Crippen molar-refractivity contribution < 1.29 is 4.79 Å². The second kappa shape index (κ2) is 8.45. The Balaban J connectivity index is 1.46. The molecule has 0 saturated carbocycles. The van der Waals surface area contributed by atoms with E-state index >= 15 is 0 Å². The third-order valence-corrected chi connectivity index (χ3v) is 5.63. The zero-order valence-electron chi connectivity index (χ0n) is 14.3. The van der Waals surface area contributed by atoms with Gasteiger partial charge in [0.1, 0.15) is 0 Å². The molecule has 3 rings (SSSR count). The Morgan fingerprint density at radius 3 is 2.71 bits per heavy atom. The molecule has 3 nitrogen and oxygen atoms in total. The van der Waals surface area contributed by atoms with Gasteiger partial charge in [0.15, 0.2) is 0 Å². The lowest BCUT2D eigenvalue weighted by atomic mass is 10.0. The molecule has 24 heavy (non-hydrogen) atoms. The Morgan fingerprint density at radius 1 is 1.21 bits per heavy atom. The number of carbonyl (C=O) groups excluding carboxylic acids is 1. The third kappa shape index (κ3) is 4.92. The fourth-order valence-corrected chi connectivity index (χ4v) is 3.93. The molecule has 1 atom stereocenters. The summed E-state index contributed by atoms with van der Waals surface area (Å²) >= 11 is 1.63. The fourth-order valence-electron chi connectivity index (χ4n) is 3.22. The Hall–Kier alpha value is -1.65. The molecule has 2 heterocycles. The molecule has 0 spiro atoms. The molecule has 0 radical (unpaired) electrons. The van der Waals surface area contributed by atoms with Crippen molar-refractivity contribution in [2.75, 3.05) is 6.54 Å². The minimum absolute atomic E-state index is 0.0867. The monoisotopic (exact) mass is 342 g/mol. The van der Waals surface area contributed by atoms with Gasteiger partial charge in [-0.15, -0.1) is 11.3 Å². The standard InChI is InChI=1S/C20H26N2OS/c1-16-5-2-3-11-22(16)15-18-9-7-17(8-10-18)14-21-20(23)13-19-6-4-12-24-19/h4,6-10,12,16H,2-3,5,11,13-15H2,1H3,(H,21,23). The summed E-state index contributed by atoms with van der Waals surface area (Å²) in [5.74, 6) is 0.0867. The first-order chi connectivity index (χ1) is 11.7. The summed E-state index contributed by atoms with van der Waals surface area (Å²) in [6, 6.07) is 13.3. The summed E-state index contributed by atoms with van der Waals surface area (Å²) in [7, 11) is 0. The number of carbonyl (C=O) groups is 1. The van der Waals surface area contributed by atoms with Gasteiger partial charge in [-0.2, -0.15) is 0 Å². The van der Waals surface area contributed by atoms with Crippen molar-refractivity contribution in [1.82, 2.24) is 10.2 Å². The number of hydrogen-bond donors (Lipinski definition) is 1. The number of nitrogens with zero attached hydrogens (tertiary/aromatic N) is 1. The Bertz CT molecular complexity index is 636. The summed E-state index contributed by atoms with van der Waals surface area (Å²) in [6.07, 6.45) is 4.47. The minimum Gasteiger partial charge on any atom is -0.352 e. The second-order valence-electron chi connectivity index (χ2n) is 6.66. The molecular weight excluding hydrogens is 316 g/mol. The molecule has 1 aromatic carbocycles. The van der Waals surface area contributed by atoms with Crippen LogP contribution in [-0.2, 0) is 24.3 Å². The van der Waals surface area contributed by atoms with Crippen molar-refractivity contribution >= 4 is 17.2 Å². The van der Waals surface area contributed by atoms with E-state index in [0.29, 0.717) is 19.0 Å². The van der Waals surface area contributed by atoms with Crippen LogP contribution in [0, 0.1) is 0 Å². The highest BCUT2D eigenvalue weighted by Gasteiger charge is 2.17. The lowest BCUT2D eigenvalue weighted by molar-refractivity contribution is -0.120. The summed E-state index contributed by atoms with van der Waals surface area (Å²) in [6.45, 7) is 5.18. The number of likely N-dealkylation sites (tertiary alicyclic amines) is 1. The smallest absolute Gasteiger partial charge is 0.225 e. The summed E-state index contributed by atoms with van der Waals surface area (Å²) in [5.41, 5.74) is 2.52. The first-order valence-corrected chi connectivity index (χ1v) is 9.69. The molecule has 1 amide bonds. The van der Waals surface area contributed by atoms with E-state index in [2.05, 4.69) is 41.4 Å². The highest BCUT2D eigenvalue weighted by molar-refractivity contribution is 7.10. The molecule has 1 aliphatic heterocycles. The maximum atomic E-state index is 11.9. The molecule has 1 unspecified atom stereocenters. The van der Waals surface area contributed by atoms with Crippen molar-refractivity contribution in [3.05, 3.63) is 57.8 Å². The van der Waals surface area contributed by atoms with E-state index in [1.807, 2.05) is 17.5 Å². The second-order valence-corrected chi connectivity index (χ2v) is 7.70. The zero-order chi connectivity index (χ0) is 16.8. The number of nitrogens with one attached hydrogen (secondary N) is 1. The van der Waals surface area contributed by atoms with Gasteiger partial charge in [-0.25, -0.2) is 0 Å². The van der Waals surface area contributed by atoms with Crippen LogP contribution in [0.15, 0.2) is 41.8 Å². The van der Waals surface area contributed by atoms with Gasteiger partial charge in [-0.3, -0.25) is 9.69 Å². The predicted octanol–water partition coefficient (Wildman–Crippen LogP) is 3.98. The number of amides is 1. The van der Waals surface area contributed by atoms with E-state index in [4.69, 9.17) is 0 Å². The van der Waals surface area contributed by atoms with Gasteiger partial charge in [-0.1, -0.05) is 36.8 Å². The zero-order valence-corrected chi connectivity index (χ0v) is 15.1. The van der Waals surface area contributed by atoms with E-state index in [-0.39, 0.29) is 5.91 Å². The van der Waals surface area contributed by atoms with Crippen molar-refractivity contribution in [3.63, 3.8) is 0 Å². The molecule has 1 aromatic heterocycles. The van der Waals surface area contributed by atoms with Crippen LogP contribution in [0.4, 0.5) is 0 Å². The topological polar surface area (TPSA) is 32.3 Å². The third-order valence-electron chi connectivity index (χ3n) is 4.75.